The molecule has 2 amide bonds. The van der Waals surface area contributed by atoms with Crippen LogP contribution in [0.1, 0.15) is 29.8 Å². The van der Waals surface area contributed by atoms with Gasteiger partial charge in [0.15, 0.2) is 11.5 Å². The number of carbonyl (C=O) groups is 2. The lowest BCUT2D eigenvalue weighted by Gasteiger charge is -2.22. The topological polar surface area (TPSA) is 76.7 Å². The Balaban J connectivity index is 2.10. The highest BCUT2D eigenvalue weighted by molar-refractivity contribution is 5.97. The number of halogens is 1. The third-order valence-corrected chi connectivity index (χ3v) is 4.29. The summed E-state index contributed by atoms with van der Waals surface area (Å²) in [5.41, 5.74) is 0.633. The lowest BCUT2D eigenvalue weighted by Crippen LogP contribution is -2.49. The fourth-order valence-corrected chi connectivity index (χ4v) is 2.78. The predicted octanol–water partition coefficient (Wildman–Crippen LogP) is 2.91. The highest BCUT2D eigenvalue weighted by Gasteiger charge is 2.25. The minimum Gasteiger partial charge on any atom is -0.493 e. The molecule has 7 heteroatoms. The standard InChI is InChI=1S/C21H25FN2O4/c1-13(2)18(24-20(25)15-9-5-6-10-16(15)22)21(26)23-12-14-8-7-11-17(27-3)19(14)28-4/h5-11,13,18H,12H2,1-4H3,(H,23,26)(H,24,25). The van der Waals surface area contributed by atoms with E-state index in [1.807, 2.05) is 6.07 Å². The Morgan fingerprint density at radius 3 is 2.36 bits per heavy atom. The van der Waals surface area contributed by atoms with Crippen LogP contribution < -0.4 is 20.1 Å². The van der Waals surface area contributed by atoms with E-state index in [0.29, 0.717) is 11.5 Å². The van der Waals surface area contributed by atoms with Crippen molar-refractivity contribution < 1.29 is 23.5 Å². The molecule has 0 saturated carbocycles. The highest BCUT2D eigenvalue weighted by atomic mass is 19.1. The van der Waals surface area contributed by atoms with Crippen molar-refractivity contribution in [3.8, 4) is 11.5 Å². The summed E-state index contributed by atoms with van der Waals surface area (Å²) in [6.45, 7) is 3.80. The van der Waals surface area contributed by atoms with Crippen molar-refractivity contribution in [2.75, 3.05) is 14.2 Å². The van der Waals surface area contributed by atoms with Crippen LogP contribution in [0.15, 0.2) is 42.5 Å². The van der Waals surface area contributed by atoms with E-state index >= 15 is 0 Å². The van der Waals surface area contributed by atoms with Crippen LogP contribution in [-0.4, -0.2) is 32.1 Å². The zero-order chi connectivity index (χ0) is 20.7. The fourth-order valence-electron chi connectivity index (χ4n) is 2.78. The van der Waals surface area contributed by atoms with Crippen LogP contribution in [0.2, 0.25) is 0 Å². The SMILES string of the molecule is COc1cccc(CNC(=O)C(NC(=O)c2ccccc2F)C(C)C)c1OC. The van der Waals surface area contributed by atoms with E-state index in [4.69, 9.17) is 9.47 Å². The maximum absolute atomic E-state index is 13.8. The van der Waals surface area contributed by atoms with Crippen LogP contribution in [0.4, 0.5) is 4.39 Å². The van der Waals surface area contributed by atoms with Crippen LogP contribution >= 0.6 is 0 Å². The van der Waals surface area contributed by atoms with E-state index in [2.05, 4.69) is 10.6 Å². The summed E-state index contributed by atoms with van der Waals surface area (Å²) in [4.78, 5) is 25.0. The second-order valence-corrected chi connectivity index (χ2v) is 6.55. The monoisotopic (exact) mass is 388 g/mol. The number of benzene rings is 2. The summed E-state index contributed by atoms with van der Waals surface area (Å²) in [5.74, 6) is -0.744. The van der Waals surface area contributed by atoms with Crippen LogP contribution in [-0.2, 0) is 11.3 Å². The van der Waals surface area contributed by atoms with E-state index < -0.39 is 17.8 Å². The van der Waals surface area contributed by atoms with Gasteiger partial charge in [-0.2, -0.15) is 0 Å². The molecule has 0 spiro atoms. The second-order valence-electron chi connectivity index (χ2n) is 6.55. The smallest absolute Gasteiger partial charge is 0.254 e. The summed E-state index contributed by atoms with van der Waals surface area (Å²) >= 11 is 0. The molecule has 0 fully saturated rings. The summed E-state index contributed by atoms with van der Waals surface area (Å²) in [6, 6.07) is 10.2. The minimum absolute atomic E-state index is 0.101. The number of hydrogen-bond donors (Lipinski definition) is 2. The Labute approximate surface area is 164 Å². The molecule has 0 bridgehead atoms. The molecule has 0 aromatic heterocycles. The number of amides is 2. The Morgan fingerprint density at radius 2 is 1.75 bits per heavy atom. The summed E-state index contributed by atoms with van der Waals surface area (Å²) in [7, 11) is 3.06. The van der Waals surface area contributed by atoms with Gasteiger partial charge in [0, 0.05) is 12.1 Å². The summed E-state index contributed by atoms with van der Waals surface area (Å²) in [5, 5.41) is 5.41. The van der Waals surface area contributed by atoms with Crippen molar-refractivity contribution in [3.63, 3.8) is 0 Å². The first-order chi connectivity index (χ1) is 13.4. The lowest BCUT2D eigenvalue weighted by molar-refractivity contribution is -0.124. The third-order valence-electron chi connectivity index (χ3n) is 4.29. The Bertz CT molecular complexity index is 839. The number of methoxy groups -OCH3 is 2. The molecule has 0 aliphatic heterocycles. The number of hydrogen-bond acceptors (Lipinski definition) is 4. The fraction of sp³-hybridized carbons (Fsp3) is 0.333. The number of nitrogens with one attached hydrogen (secondary N) is 2. The van der Waals surface area contributed by atoms with E-state index in [0.717, 1.165) is 5.56 Å². The molecule has 0 aliphatic rings. The largest absolute Gasteiger partial charge is 0.493 e. The van der Waals surface area contributed by atoms with E-state index in [1.165, 1.54) is 32.4 Å². The summed E-state index contributed by atoms with van der Waals surface area (Å²) < 4.78 is 24.4. The Kier molecular flexibility index (Phi) is 7.37. The normalized spacial score (nSPS) is 11.6. The molecule has 0 aliphatic carbocycles. The van der Waals surface area contributed by atoms with Gasteiger partial charge in [-0.05, 0) is 24.1 Å². The van der Waals surface area contributed by atoms with Gasteiger partial charge in [0.05, 0.1) is 19.8 Å². The molecule has 6 nitrogen and oxygen atoms in total. The molecule has 2 aromatic rings. The first kappa shape index (κ1) is 21.2. The van der Waals surface area contributed by atoms with Crippen LogP contribution in [0, 0.1) is 11.7 Å². The molecule has 2 aromatic carbocycles. The number of rotatable bonds is 8. The molecule has 28 heavy (non-hydrogen) atoms. The van der Waals surface area contributed by atoms with E-state index in [9.17, 15) is 14.0 Å². The van der Waals surface area contributed by atoms with Crippen molar-refractivity contribution in [3.05, 3.63) is 59.4 Å². The lowest BCUT2D eigenvalue weighted by atomic mass is 10.0. The van der Waals surface area contributed by atoms with Crippen molar-refractivity contribution >= 4 is 11.8 Å². The molecule has 2 N–H and O–H groups in total. The maximum Gasteiger partial charge on any atom is 0.254 e. The molecular weight excluding hydrogens is 363 g/mol. The van der Waals surface area contributed by atoms with Gasteiger partial charge in [-0.3, -0.25) is 9.59 Å². The molecule has 1 atom stereocenters. The first-order valence-electron chi connectivity index (χ1n) is 8.92. The zero-order valence-corrected chi connectivity index (χ0v) is 16.4. The first-order valence-corrected chi connectivity index (χ1v) is 8.92. The van der Waals surface area contributed by atoms with Gasteiger partial charge in [0.2, 0.25) is 5.91 Å². The second kappa shape index (κ2) is 9.73. The number of ether oxygens (including phenoxy) is 2. The van der Waals surface area contributed by atoms with Crippen LogP contribution in [0.5, 0.6) is 11.5 Å². The zero-order valence-electron chi connectivity index (χ0n) is 16.4. The summed E-state index contributed by atoms with van der Waals surface area (Å²) in [6.07, 6.45) is 0. The predicted molar refractivity (Wildman–Crippen MR) is 104 cm³/mol. The van der Waals surface area contributed by atoms with Gasteiger partial charge >= 0.3 is 0 Å². The average molecular weight is 388 g/mol. The van der Waals surface area contributed by atoms with Gasteiger partial charge in [-0.25, -0.2) is 4.39 Å². The quantitative estimate of drug-likeness (QED) is 0.729. The van der Waals surface area contributed by atoms with Gasteiger partial charge in [-0.1, -0.05) is 38.1 Å². The van der Waals surface area contributed by atoms with Crippen molar-refractivity contribution in [2.24, 2.45) is 5.92 Å². The molecular formula is C21H25FN2O4. The molecule has 2 rings (SSSR count). The molecule has 0 radical (unpaired) electrons. The van der Waals surface area contributed by atoms with Crippen molar-refractivity contribution in [1.82, 2.24) is 10.6 Å². The minimum atomic E-state index is -0.816. The van der Waals surface area contributed by atoms with Gasteiger partial charge in [0.1, 0.15) is 11.9 Å². The maximum atomic E-state index is 13.8. The van der Waals surface area contributed by atoms with Crippen molar-refractivity contribution in [1.29, 1.82) is 0 Å². The molecule has 1 unspecified atom stereocenters. The number of carbonyl (C=O) groups excluding carboxylic acids is 2. The van der Waals surface area contributed by atoms with Crippen molar-refractivity contribution in [2.45, 2.75) is 26.4 Å². The third kappa shape index (κ3) is 5.00. The van der Waals surface area contributed by atoms with E-state index in [-0.39, 0.29) is 23.9 Å². The van der Waals surface area contributed by atoms with Gasteiger partial charge in [0.25, 0.3) is 5.91 Å². The van der Waals surface area contributed by atoms with Gasteiger partial charge < -0.3 is 20.1 Å². The molecule has 150 valence electrons. The molecule has 0 heterocycles. The highest BCUT2D eigenvalue weighted by Crippen LogP contribution is 2.30. The Morgan fingerprint density at radius 1 is 1.04 bits per heavy atom. The Hall–Kier alpha value is -3.09. The van der Waals surface area contributed by atoms with E-state index in [1.54, 1.807) is 32.0 Å². The van der Waals surface area contributed by atoms with Crippen LogP contribution in [0.25, 0.3) is 0 Å². The molecule has 0 saturated heterocycles. The van der Waals surface area contributed by atoms with Crippen LogP contribution in [0.3, 0.4) is 0 Å². The number of para-hydroxylation sites is 1. The van der Waals surface area contributed by atoms with Gasteiger partial charge in [-0.15, -0.1) is 0 Å². The average Bonchev–Trinajstić information content (AvgIpc) is 2.69.